The van der Waals surface area contributed by atoms with Crippen molar-refractivity contribution in [3.63, 3.8) is 0 Å². The first-order valence-corrected chi connectivity index (χ1v) is 9.88. The van der Waals surface area contributed by atoms with Crippen LogP contribution in [0.5, 0.6) is 0 Å². The van der Waals surface area contributed by atoms with Gasteiger partial charge in [0, 0.05) is 43.5 Å². The molecule has 0 radical (unpaired) electrons. The Bertz CT molecular complexity index is 641. The Morgan fingerprint density at radius 2 is 1.72 bits per heavy atom. The lowest BCUT2D eigenvalue weighted by Gasteiger charge is -2.17. The minimum absolute atomic E-state index is 0.406. The number of hydrogen-bond acceptors (Lipinski definition) is 8. The van der Waals surface area contributed by atoms with E-state index in [-0.39, 0.29) is 0 Å². The maximum Gasteiger partial charge on any atom is 0.222 e. The van der Waals surface area contributed by atoms with Crippen LogP contribution in [0.2, 0.25) is 0 Å². The van der Waals surface area contributed by atoms with Gasteiger partial charge in [-0.1, -0.05) is 6.92 Å². The van der Waals surface area contributed by atoms with Crippen LogP contribution in [0.4, 0.5) is 17.6 Å². The first-order chi connectivity index (χ1) is 12.2. The second-order valence-electron chi connectivity index (χ2n) is 6.27. The average molecular weight is 360 g/mol. The summed E-state index contributed by atoms with van der Waals surface area (Å²) in [7, 11) is 0. The molecule has 0 spiro atoms. The van der Waals surface area contributed by atoms with Crippen molar-refractivity contribution in [2.75, 3.05) is 48.0 Å². The summed E-state index contributed by atoms with van der Waals surface area (Å²) < 4.78 is 0. The topological polar surface area (TPSA) is 78.9 Å². The molecule has 8 heteroatoms. The standard InChI is InChI=1S/C17H25N7S/c1-13(8-21-17-22-9-14(25-2)10-23-17)7-18-15-11-20-16(12-19-15)24-5-3-4-6-24/h9-13H,3-8H2,1-2H3,(H,18,19)(H,21,22,23). The highest BCUT2D eigenvalue weighted by atomic mass is 32.2. The predicted octanol–water partition coefficient (Wildman–Crippen LogP) is 2.75. The number of aromatic nitrogens is 4. The summed E-state index contributed by atoms with van der Waals surface area (Å²) in [5, 5.41) is 6.60. The Morgan fingerprint density at radius 3 is 2.36 bits per heavy atom. The van der Waals surface area contributed by atoms with Gasteiger partial charge in [-0.15, -0.1) is 11.8 Å². The molecule has 3 heterocycles. The summed E-state index contributed by atoms with van der Waals surface area (Å²) in [5.41, 5.74) is 0. The zero-order valence-corrected chi connectivity index (χ0v) is 15.6. The molecule has 0 aliphatic carbocycles. The molecular formula is C17H25N7S. The molecule has 0 aromatic carbocycles. The Morgan fingerprint density at radius 1 is 1.00 bits per heavy atom. The van der Waals surface area contributed by atoms with E-state index in [1.165, 1.54) is 12.8 Å². The summed E-state index contributed by atoms with van der Waals surface area (Å²) in [4.78, 5) is 20.9. The molecular weight excluding hydrogens is 334 g/mol. The fraction of sp³-hybridized carbons (Fsp3) is 0.529. The van der Waals surface area contributed by atoms with Crippen LogP contribution >= 0.6 is 11.8 Å². The number of thioether (sulfide) groups is 1. The second-order valence-corrected chi connectivity index (χ2v) is 7.15. The van der Waals surface area contributed by atoms with Crippen molar-refractivity contribution in [2.24, 2.45) is 5.92 Å². The molecule has 0 bridgehead atoms. The van der Waals surface area contributed by atoms with Gasteiger partial charge in [-0.05, 0) is 25.0 Å². The van der Waals surface area contributed by atoms with Crippen LogP contribution in [0.25, 0.3) is 0 Å². The first-order valence-electron chi connectivity index (χ1n) is 8.65. The van der Waals surface area contributed by atoms with Crippen molar-refractivity contribution in [1.82, 2.24) is 19.9 Å². The number of hydrogen-bond donors (Lipinski definition) is 2. The molecule has 3 rings (SSSR count). The number of nitrogens with zero attached hydrogens (tertiary/aromatic N) is 5. The SMILES string of the molecule is CSc1cnc(NCC(C)CNc2cnc(N3CCCC3)cn2)nc1. The van der Waals surface area contributed by atoms with Crippen LogP contribution in [0, 0.1) is 5.92 Å². The fourth-order valence-corrected chi connectivity index (χ4v) is 2.97. The molecule has 25 heavy (non-hydrogen) atoms. The van der Waals surface area contributed by atoms with Gasteiger partial charge in [0.1, 0.15) is 11.6 Å². The molecule has 7 nitrogen and oxygen atoms in total. The number of nitrogens with one attached hydrogen (secondary N) is 2. The summed E-state index contributed by atoms with van der Waals surface area (Å²) in [6.45, 7) is 5.95. The van der Waals surface area contributed by atoms with Gasteiger partial charge in [-0.3, -0.25) is 0 Å². The van der Waals surface area contributed by atoms with E-state index in [1.54, 1.807) is 11.8 Å². The number of anilines is 3. The summed E-state index contributed by atoms with van der Waals surface area (Å²) in [5.74, 6) is 2.86. The van der Waals surface area contributed by atoms with Crippen molar-refractivity contribution >= 4 is 29.3 Å². The molecule has 2 N–H and O–H groups in total. The summed E-state index contributed by atoms with van der Waals surface area (Å²) >= 11 is 1.64. The quantitative estimate of drug-likeness (QED) is 0.697. The zero-order chi connectivity index (χ0) is 17.5. The van der Waals surface area contributed by atoms with Crippen LogP contribution < -0.4 is 15.5 Å². The van der Waals surface area contributed by atoms with Gasteiger partial charge in [0.15, 0.2) is 0 Å². The van der Waals surface area contributed by atoms with E-state index in [0.717, 1.165) is 42.7 Å². The Hall–Kier alpha value is -2.09. The van der Waals surface area contributed by atoms with Gasteiger partial charge in [-0.2, -0.15) is 0 Å². The van der Waals surface area contributed by atoms with Crippen molar-refractivity contribution in [1.29, 1.82) is 0 Å². The molecule has 1 fully saturated rings. The van der Waals surface area contributed by atoms with E-state index in [2.05, 4.69) is 42.4 Å². The Kier molecular flexibility index (Phi) is 6.27. The average Bonchev–Trinajstić information content (AvgIpc) is 3.20. The van der Waals surface area contributed by atoms with Crippen LogP contribution in [0.1, 0.15) is 19.8 Å². The van der Waals surface area contributed by atoms with Crippen molar-refractivity contribution < 1.29 is 0 Å². The molecule has 0 saturated carbocycles. The minimum Gasteiger partial charge on any atom is -0.368 e. The monoisotopic (exact) mass is 359 g/mol. The molecule has 2 aromatic rings. The van der Waals surface area contributed by atoms with Gasteiger partial charge < -0.3 is 15.5 Å². The summed E-state index contributed by atoms with van der Waals surface area (Å²) in [6, 6.07) is 0. The lowest BCUT2D eigenvalue weighted by Crippen LogP contribution is -2.22. The van der Waals surface area contributed by atoms with Crippen molar-refractivity contribution in [3.05, 3.63) is 24.8 Å². The van der Waals surface area contributed by atoms with Crippen molar-refractivity contribution in [3.8, 4) is 0 Å². The molecule has 1 atom stereocenters. The number of rotatable bonds is 8. The highest BCUT2D eigenvalue weighted by Gasteiger charge is 2.13. The Labute approximate surface area is 153 Å². The third-order valence-corrected chi connectivity index (χ3v) is 4.85. The van der Waals surface area contributed by atoms with Crippen LogP contribution in [-0.4, -0.2) is 52.4 Å². The van der Waals surface area contributed by atoms with E-state index >= 15 is 0 Å². The molecule has 2 aromatic heterocycles. The highest BCUT2D eigenvalue weighted by Crippen LogP contribution is 2.17. The molecule has 1 aliphatic heterocycles. The first kappa shape index (κ1) is 17.7. The smallest absolute Gasteiger partial charge is 0.222 e. The van der Waals surface area contributed by atoms with E-state index in [9.17, 15) is 0 Å². The molecule has 1 saturated heterocycles. The molecule has 1 aliphatic rings. The lowest BCUT2D eigenvalue weighted by atomic mass is 10.2. The van der Waals surface area contributed by atoms with Crippen LogP contribution in [0.15, 0.2) is 29.7 Å². The Balaban J connectivity index is 1.41. The van der Waals surface area contributed by atoms with Crippen LogP contribution in [0.3, 0.4) is 0 Å². The lowest BCUT2D eigenvalue weighted by molar-refractivity contribution is 0.644. The van der Waals surface area contributed by atoms with Gasteiger partial charge in [-0.25, -0.2) is 19.9 Å². The molecule has 134 valence electrons. The van der Waals surface area contributed by atoms with E-state index < -0.39 is 0 Å². The zero-order valence-electron chi connectivity index (χ0n) is 14.8. The minimum atomic E-state index is 0.406. The van der Waals surface area contributed by atoms with Gasteiger partial charge in [0.25, 0.3) is 0 Å². The van der Waals surface area contributed by atoms with Gasteiger partial charge >= 0.3 is 0 Å². The fourth-order valence-electron chi connectivity index (χ4n) is 2.65. The van der Waals surface area contributed by atoms with E-state index in [0.29, 0.717) is 11.9 Å². The van der Waals surface area contributed by atoms with Gasteiger partial charge in [0.2, 0.25) is 5.95 Å². The highest BCUT2D eigenvalue weighted by molar-refractivity contribution is 7.98. The van der Waals surface area contributed by atoms with Gasteiger partial charge in [0.05, 0.1) is 12.4 Å². The molecule has 0 amide bonds. The molecule has 1 unspecified atom stereocenters. The van der Waals surface area contributed by atoms with Crippen molar-refractivity contribution in [2.45, 2.75) is 24.7 Å². The van der Waals surface area contributed by atoms with E-state index in [4.69, 9.17) is 0 Å². The maximum atomic E-state index is 4.51. The summed E-state index contributed by atoms with van der Waals surface area (Å²) in [6.07, 6.45) is 11.8. The maximum absolute atomic E-state index is 4.51. The third-order valence-electron chi connectivity index (χ3n) is 4.17. The largest absolute Gasteiger partial charge is 0.368 e. The normalized spacial score (nSPS) is 15.2. The van der Waals surface area contributed by atoms with Crippen LogP contribution in [-0.2, 0) is 0 Å². The predicted molar refractivity (Wildman–Crippen MR) is 103 cm³/mol. The third kappa shape index (κ3) is 5.19. The van der Waals surface area contributed by atoms with E-state index in [1.807, 2.05) is 31.0 Å². The second kappa shape index (κ2) is 8.84.